The third kappa shape index (κ3) is 5.95. The quantitative estimate of drug-likeness (QED) is 0.702. The van der Waals surface area contributed by atoms with E-state index in [2.05, 4.69) is 15.4 Å². The molecule has 0 atom stereocenters. The van der Waals surface area contributed by atoms with Crippen LogP contribution in [0.5, 0.6) is 11.5 Å². The van der Waals surface area contributed by atoms with Gasteiger partial charge in [-0.05, 0) is 19.1 Å². The Hall–Kier alpha value is -3.07. The first-order valence-corrected chi connectivity index (χ1v) is 9.53. The lowest BCUT2D eigenvalue weighted by molar-refractivity contribution is -0.123. The average molecular weight is 402 g/mol. The van der Waals surface area contributed by atoms with Gasteiger partial charge in [0.25, 0.3) is 11.8 Å². The third-order valence-corrected chi connectivity index (χ3v) is 4.67. The second kappa shape index (κ2) is 9.92. The van der Waals surface area contributed by atoms with Crippen LogP contribution in [0.3, 0.4) is 0 Å². The molecule has 1 fully saturated rings. The number of benzene rings is 1. The van der Waals surface area contributed by atoms with Crippen LogP contribution >= 0.6 is 0 Å². The number of piperazine rings is 1. The lowest BCUT2D eigenvalue weighted by Crippen LogP contribution is -2.50. The molecule has 0 bridgehead atoms. The molecule has 0 saturated carbocycles. The number of carbonyl (C=O) groups excluding carboxylic acids is 2. The highest BCUT2D eigenvalue weighted by Crippen LogP contribution is 2.18. The summed E-state index contributed by atoms with van der Waals surface area (Å²) in [5, 5.41) is 6.63. The van der Waals surface area contributed by atoms with Gasteiger partial charge in [0.15, 0.2) is 12.3 Å². The average Bonchev–Trinajstić information content (AvgIpc) is 3.18. The molecule has 1 aliphatic rings. The van der Waals surface area contributed by atoms with Crippen LogP contribution in [-0.4, -0.2) is 79.8 Å². The van der Waals surface area contributed by atoms with Crippen LogP contribution in [0.1, 0.15) is 16.2 Å². The molecule has 1 saturated heterocycles. The summed E-state index contributed by atoms with van der Waals surface area (Å²) in [6.45, 7) is 5.70. The van der Waals surface area contributed by atoms with Gasteiger partial charge in [0.05, 0.1) is 7.11 Å². The van der Waals surface area contributed by atoms with Crippen LogP contribution in [0.15, 0.2) is 34.9 Å². The van der Waals surface area contributed by atoms with E-state index in [0.29, 0.717) is 42.6 Å². The molecule has 0 radical (unpaired) electrons. The maximum atomic E-state index is 12.4. The van der Waals surface area contributed by atoms with Crippen LogP contribution in [0.4, 0.5) is 0 Å². The Morgan fingerprint density at radius 2 is 1.93 bits per heavy atom. The number of hydrogen-bond donors (Lipinski definition) is 1. The molecule has 1 N–H and O–H groups in total. The lowest BCUT2D eigenvalue weighted by Gasteiger charge is -2.34. The first-order chi connectivity index (χ1) is 14.0. The molecule has 0 unspecified atom stereocenters. The van der Waals surface area contributed by atoms with Gasteiger partial charge in [0.1, 0.15) is 17.3 Å². The fourth-order valence-electron chi connectivity index (χ4n) is 3.05. The van der Waals surface area contributed by atoms with E-state index in [9.17, 15) is 9.59 Å². The molecule has 9 heteroatoms. The minimum atomic E-state index is -0.178. The number of carbonyl (C=O) groups is 2. The number of aryl methyl sites for hydroxylation is 1. The summed E-state index contributed by atoms with van der Waals surface area (Å²) in [5.41, 5.74) is 0.347. The molecule has 29 heavy (non-hydrogen) atoms. The molecule has 3 rings (SSSR count). The summed E-state index contributed by atoms with van der Waals surface area (Å²) in [5.74, 6) is 1.60. The van der Waals surface area contributed by atoms with Crippen molar-refractivity contribution < 1.29 is 23.6 Å². The second-order valence-corrected chi connectivity index (χ2v) is 6.77. The zero-order valence-electron chi connectivity index (χ0n) is 16.7. The predicted octanol–water partition coefficient (Wildman–Crippen LogP) is 0.945. The Balaban J connectivity index is 1.32. The smallest absolute Gasteiger partial charge is 0.276 e. The first kappa shape index (κ1) is 20.7. The normalized spacial score (nSPS) is 14.5. The van der Waals surface area contributed by atoms with E-state index in [1.807, 2.05) is 6.07 Å². The molecule has 156 valence electrons. The molecule has 9 nitrogen and oxygen atoms in total. The Kier molecular flexibility index (Phi) is 7.07. The van der Waals surface area contributed by atoms with Gasteiger partial charge >= 0.3 is 0 Å². The fourth-order valence-corrected chi connectivity index (χ4v) is 3.05. The van der Waals surface area contributed by atoms with Gasteiger partial charge in [-0.2, -0.15) is 0 Å². The van der Waals surface area contributed by atoms with Gasteiger partial charge in [0, 0.05) is 51.4 Å². The fraction of sp³-hybridized carbons (Fsp3) is 0.450. The van der Waals surface area contributed by atoms with E-state index < -0.39 is 0 Å². The zero-order valence-corrected chi connectivity index (χ0v) is 16.7. The van der Waals surface area contributed by atoms with Crippen molar-refractivity contribution in [1.29, 1.82) is 0 Å². The number of ether oxygens (including phenoxy) is 2. The van der Waals surface area contributed by atoms with Crippen LogP contribution < -0.4 is 14.8 Å². The summed E-state index contributed by atoms with van der Waals surface area (Å²) in [6, 6.07) is 8.77. The van der Waals surface area contributed by atoms with Gasteiger partial charge in [-0.25, -0.2) is 0 Å². The molecule has 1 aromatic heterocycles. The van der Waals surface area contributed by atoms with Crippen molar-refractivity contribution in [3.63, 3.8) is 0 Å². The molecule has 2 amide bonds. The van der Waals surface area contributed by atoms with Crippen molar-refractivity contribution in [3.05, 3.63) is 41.8 Å². The van der Waals surface area contributed by atoms with Crippen LogP contribution in [0.25, 0.3) is 0 Å². The van der Waals surface area contributed by atoms with Crippen molar-refractivity contribution in [2.45, 2.75) is 6.92 Å². The highest BCUT2D eigenvalue weighted by atomic mass is 16.5. The molecular weight excluding hydrogens is 376 g/mol. The largest absolute Gasteiger partial charge is 0.497 e. The van der Waals surface area contributed by atoms with E-state index >= 15 is 0 Å². The van der Waals surface area contributed by atoms with Crippen LogP contribution in [0.2, 0.25) is 0 Å². The van der Waals surface area contributed by atoms with Crippen molar-refractivity contribution in [2.75, 3.05) is 53.0 Å². The Bertz CT molecular complexity index is 830. The standard InChI is InChI=1S/C20H26N4O5/c1-15-12-18(22-29-15)20(26)24-10-8-23(9-11-24)7-6-21-19(25)14-28-17-5-3-4-16(13-17)27-2/h3-5,12-13H,6-11,14H2,1-2H3,(H,21,25). The van der Waals surface area contributed by atoms with Gasteiger partial charge in [-0.3, -0.25) is 14.5 Å². The van der Waals surface area contributed by atoms with E-state index in [0.717, 1.165) is 19.6 Å². The van der Waals surface area contributed by atoms with Crippen LogP contribution in [0, 0.1) is 6.92 Å². The first-order valence-electron chi connectivity index (χ1n) is 9.53. The minimum Gasteiger partial charge on any atom is -0.497 e. The van der Waals surface area contributed by atoms with Gasteiger partial charge in [0.2, 0.25) is 0 Å². The van der Waals surface area contributed by atoms with Gasteiger partial charge < -0.3 is 24.2 Å². The molecular formula is C20H26N4O5. The molecule has 2 heterocycles. The van der Waals surface area contributed by atoms with E-state index in [1.54, 1.807) is 43.2 Å². The number of aromatic nitrogens is 1. The third-order valence-electron chi connectivity index (χ3n) is 4.67. The topological polar surface area (TPSA) is 97.1 Å². The summed E-state index contributed by atoms with van der Waals surface area (Å²) in [4.78, 5) is 28.3. The summed E-state index contributed by atoms with van der Waals surface area (Å²) in [6.07, 6.45) is 0. The number of amides is 2. The Morgan fingerprint density at radius 3 is 2.62 bits per heavy atom. The van der Waals surface area contributed by atoms with Crippen molar-refractivity contribution in [3.8, 4) is 11.5 Å². The maximum absolute atomic E-state index is 12.4. The Labute approximate surface area is 169 Å². The molecule has 1 aromatic carbocycles. The predicted molar refractivity (Wildman–Crippen MR) is 105 cm³/mol. The number of methoxy groups -OCH3 is 1. The monoisotopic (exact) mass is 402 g/mol. The summed E-state index contributed by atoms with van der Waals surface area (Å²) >= 11 is 0. The zero-order chi connectivity index (χ0) is 20.6. The van der Waals surface area contributed by atoms with Crippen molar-refractivity contribution in [2.24, 2.45) is 0 Å². The lowest BCUT2D eigenvalue weighted by atomic mass is 10.2. The van der Waals surface area contributed by atoms with E-state index in [-0.39, 0.29) is 18.4 Å². The Morgan fingerprint density at radius 1 is 1.17 bits per heavy atom. The van der Waals surface area contributed by atoms with Gasteiger partial charge in [-0.1, -0.05) is 11.2 Å². The highest BCUT2D eigenvalue weighted by Gasteiger charge is 2.24. The highest BCUT2D eigenvalue weighted by molar-refractivity contribution is 5.92. The summed E-state index contributed by atoms with van der Waals surface area (Å²) < 4.78 is 15.6. The number of hydrogen-bond acceptors (Lipinski definition) is 7. The summed E-state index contributed by atoms with van der Waals surface area (Å²) in [7, 11) is 1.58. The molecule has 0 aliphatic carbocycles. The van der Waals surface area contributed by atoms with Gasteiger partial charge in [-0.15, -0.1) is 0 Å². The number of nitrogens with zero attached hydrogens (tertiary/aromatic N) is 3. The molecule has 0 spiro atoms. The second-order valence-electron chi connectivity index (χ2n) is 6.77. The number of nitrogens with one attached hydrogen (secondary N) is 1. The van der Waals surface area contributed by atoms with E-state index in [4.69, 9.17) is 14.0 Å². The van der Waals surface area contributed by atoms with Crippen molar-refractivity contribution >= 4 is 11.8 Å². The SMILES string of the molecule is COc1cccc(OCC(=O)NCCN2CCN(C(=O)c3cc(C)on3)CC2)c1. The van der Waals surface area contributed by atoms with Crippen LogP contribution in [-0.2, 0) is 4.79 Å². The molecule has 1 aliphatic heterocycles. The van der Waals surface area contributed by atoms with E-state index in [1.165, 1.54) is 0 Å². The van der Waals surface area contributed by atoms with Crippen molar-refractivity contribution in [1.82, 2.24) is 20.3 Å². The molecule has 2 aromatic rings. The maximum Gasteiger partial charge on any atom is 0.276 e. The number of rotatable bonds is 8. The minimum absolute atomic E-state index is 0.0490.